The van der Waals surface area contributed by atoms with E-state index in [2.05, 4.69) is 42.5 Å². The summed E-state index contributed by atoms with van der Waals surface area (Å²) < 4.78 is 20.4. The number of nitrogens with one attached hydrogen (secondary N) is 1. The van der Waals surface area contributed by atoms with Crippen LogP contribution in [0.4, 0.5) is 5.69 Å². The first-order valence-electron chi connectivity index (χ1n) is 18.2. The highest BCUT2D eigenvalue weighted by Crippen LogP contribution is 2.81. The maximum Gasteiger partial charge on any atom is 0.302 e. The van der Waals surface area contributed by atoms with E-state index in [1.165, 1.54) is 11.6 Å². The molecule has 274 valence electrons. The van der Waals surface area contributed by atoms with E-state index >= 15 is 0 Å². The Morgan fingerprint density at radius 3 is 2.58 bits per heavy atom. The fourth-order valence-corrected chi connectivity index (χ4v) is 11.3. The standard InChI is InChI=1S/C40H47N5O7/c1-23-8-10-26(11-9-23)41-32(48)20-45-19-27(42-44-45)22-50-43-34-33(25-14-17-49-21-25)38(6)16-12-28-37(5)15-13-30(47)36(3,4)29(37)18-31(51-24(2)46)39(28,7)40(38)35(34)52-40/h8-11,13-15,17,19,21,28-29,31,33,35H,12,16,18,20,22H2,1-7H3,(H,41,48)/b43-34+/t28-,29+,31-,33-,35-,37-,38+,39+,40-/m1/s1. The lowest BCUT2D eigenvalue weighted by Gasteiger charge is -2.67. The van der Waals surface area contributed by atoms with Crippen molar-refractivity contribution in [3.63, 3.8) is 0 Å². The molecule has 3 saturated carbocycles. The molecular formula is C40H47N5O7. The first-order chi connectivity index (χ1) is 24.6. The van der Waals surface area contributed by atoms with E-state index in [0.29, 0.717) is 17.8 Å². The lowest BCUT2D eigenvalue weighted by molar-refractivity contribution is -0.231. The number of anilines is 1. The highest BCUT2D eigenvalue weighted by molar-refractivity contribution is 6.02. The molecule has 1 N–H and O–H groups in total. The number of rotatable bonds is 8. The minimum Gasteiger partial charge on any atom is -0.472 e. The third-order valence-corrected chi connectivity index (χ3v) is 13.7. The molecule has 12 heteroatoms. The Hall–Kier alpha value is -4.58. The highest BCUT2D eigenvalue weighted by Gasteiger charge is 2.89. The van der Waals surface area contributed by atoms with Crippen LogP contribution < -0.4 is 5.32 Å². The molecule has 2 aromatic heterocycles. The van der Waals surface area contributed by atoms with Crippen LogP contribution in [-0.4, -0.2) is 56.2 Å². The summed E-state index contributed by atoms with van der Waals surface area (Å²) in [6.07, 6.45) is 10.4. The molecule has 12 nitrogen and oxygen atoms in total. The number of amides is 1. The Kier molecular flexibility index (Phi) is 7.77. The molecule has 1 aliphatic heterocycles. The van der Waals surface area contributed by atoms with Gasteiger partial charge < -0.3 is 24.0 Å². The summed E-state index contributed by atoms with van der Waals surface area (Å²) >= 11 is 0. The fourth-order valence-electron chi connectivity index (χ4n) is 11.3. The van der Waals surface area contributed by atoms with Gasteiger partial charge in [-0.15, -0.1) is 5.10 Å². The predicted molar refractivity (Wildman–Crippen MR) is 190 cm³/mol. The van der Waals surface area contributed by atoms with Gasteiger partial charge in [-0.25, -0.2) is 4.68 Å². The number of ketones is 1. The Bertz CT molecular complexity index is 1980. The second kappa shape index (κ2) is 11.7. The Morgan fingerprint density at radius 1 is 1.10 bits per heavy atom. The molecule has 1 saturated heterocycles. The van der Waals surface area contributed by atoms with Crippen LogP contribution in [0.15, 0.2) is 70.8 Å². The van der Waals surface area contributed by atoms with E-state index in [1.807, 2.05) is 51.1 Å². The average Bonchev–Trinajstić information content (AvgIpc) is 3.32. The molecule has 8 rings (SSSR count). The summed E-state index contributed by atoms with van der Waals surface area (Å²) in [6.45, 7) is 14.3. The number of esters is 1. The molecule has 3 aromatic rings. The van der Waals surface area contributed by atoms with Crippen LogP contribution in [0.25, 0.3) is 0 Å². The van der Waals surface area contributed by atoms with Gasteiger partial charge in [0.15, 0.2) is 12.4 Å². The van der Waals surface area contributed by atoms with Crippen LogP contribution in [0.5, 0.6) is 0 Å². The zero-order valence-corrected chi connectivity index (χ0v) is 30.8. The number of nitrogens with zero attached hydrogens (tertiary/aromatic N) is 4. The number of furan rings is 1. The summed E-state index contributed by atoms with van der Waals surface area (Å²) in [5, 5.41) is 16.0. The first kappa shape index (κ1) is 34.5. The number of hydrogen-bond donors (Lipinski definition) is 1. The number of allylic oxidation sites excluding steroid dienone is 2. The van der Waals surface area contributed by atoms with Gasteiger partial charge >= 0.3 is 5.97 Å². The molecule has 0 unspecified atom stereocenters. The van der Waals surface area contributed by atoms with Crippen molar-refractivity contribution in [1.82, 2.24) is 15.0 Å². The number of aryl methyl sites for hydroxylation is 1. The molecule has 9 atom stereocenters. The lowest BCUT2D eigenvalue weighted by atomic mass is 9.36. The molecule has 4 aliphatic carbocycles. The molecule has 5 aliphatic rings. The van der Waals surface area contributed by atoms with Crippen molar-refractivity contribution in [2.45, 2.75) is 105 Å². The molecular weight excluding hydrogens is 662 g/mol. The maximum atomic E-state index is 13.2. The van der Waals surface area contributed by atoms with Gasteiger partial charge in [0.05, 0.1) is 24.4 Å². The van der Waals surface area contributed by atoms with E-state index in [1.54, 1.807) is 24.8 Å². The summed E-state index contributed by atoms with van der Waals surface area (Å²) in [6, 6.07) is 9.57. The predicted octanol–water partition coefficient (Wildman–Crippen LogP) is 6.17. The molecule has 0 bridgehead atoms. The van der Waals surface area contributed by atoms with Gasteiger partial charge in [-0.1, -0.05) is 68.8 Å². The molecule has 1 aromatic carbocycles. The smallest absolute Gasteiger partial charge is 0.302 e. The largest absolute Gasteiger partial charge is 0.472 e. The third-order valence-electron chi connectivity index (χ3n) is 13.7. The topological polar surface area (TPSA) is 150 Å². The quantitative estimate of drug-likeness (QED) is 0.165. The minimum absolute atomic E-state index is 0.00168. The van der Waals surface area contributed by atoms with E-state index in [9.17, 15) is 14.4 Å². The number of fused-ring (bicyclic) bond motifs is 3. The Morgan fingerprint density at radius 2 is 1.87 bits per heavy atom. The fraction of sp³-hybridized carbons (Fsp3) is 0.550. The van der Waals surface area contributed by atoms with Crippen LogP contribution in [0.3, 0.4) is 0 Å². The van der Waals surface area contributed by atoms with E-state index in [-0.39, 0.29) is 60.1 Å². The molecule has 1 spiro atoms. The summed E-state index contributed by atoms with van der Waals surface area (Å²) in [5.74, 6) is -0.573. The summed E-state index contributed by atoms with van der Waals surface area (Å²) in [4.78, 5) is 44.7. The van der Waals surface area contributed by atoms with Gasteiger partial charge in [-0.3, -0.25) is 14.4 Å². The number of carbonyl (C=O) groups excluding carboxylic acids is 3. The zero-order valence-electron chi connectivity index (χ0n) is 30.8. The van der Waals surface area contributed by atoms with Gasteiger partial charge in [-0.2, -0.15) is 0 Å². The van der Waals surface area contributed by atoms with Gasteiger partial charge in [0.25, 0.3) is 0 Å². The number of hydrogen-bond acceptors (Lipinski definition) is 10. The Labute approximate surface area is 303 Å². The number of ether oxygens (including phenoxy) is 2. The normalized spacial score (nSPS) is 37.4. The summed E-state index contributed by atoms with van der Waals surface area (Å²) in [7, 11) is 0. The van der Waals surface area contributed by atoms with Gasteiger partial charge in [-0.05, 0) is 73.3 Å². The lowest BCUT2D eigenvalue weighted by Crippen LogP contribution is -2.70. The highest BCUT2D eigenvalue weighted by atomic mass is 16.6. The van der Waals surface area contributed by atoms with Crippen LogP contribution >= 0.6 is 0 Å². The average molecular weight is 710 g/mol. The van der Waals surface area contributed by atoms with Crippen LogP contribution in [0, 0.1) is 40.4 Å². The first-order valence-corrected chi connectivity index (χ1v) is 18.2. The van der Waals surface area contributed by atoms with Crippen molar-refractivity contribution in [3.05, 3.63) is 78.0 Å². The second-order valence-corrected chi connectivity index (χ2v) is 16.8. The molecule has 52 heavy (non-hydrogen) atoms. The van der Waals surface area contributed by atoms with Crippen LogP contribution in [-0.2, 0) is 41.8 Å². The number of oxime groups is 1. The van der Waals surface area contributed by atoms with Gasteiger partial charge in [0, 0.05) is 34.8 Å². The Balaban J connectivity index is 1.09. The number of carbonyl (C=O) groups is 3. The number of aromatic nitrogens is 3. The van der Waals surface area contributed by atoms with E-state index in [4.69, 9.17) is 23.9 Å². The molecule has 4 fully saturated rings. The van der Waals surface area contributed by atoms with E-state index in [0.717, 1.165) is 29.7 Å². The molecule has 0 radical (unpaired) electrons. The summed E-state index contributed by atoms with van der Waals surface area (Å²) in [5.41, 5.74) is 1.41. The minimum atomic E-state index is -0.714. The van der Waals surface area contributed by atoms with Crippen molar-refractivity contribution >= 4 is 29.1 Å². The van der Waals surface area contributed by atoms with E-state index < -0.39 is 27.9 Å². The SMILES string of the molecule is CC(=O)O[C@@H]1C[C@H]2C(C)(C)C(=O)C=C[C@]2(C)[C@H]2CC[C@@]3(C)[C@H](c4ccoc4)/C(=N\OCc4cn(CC(=O)Nc5ccc(C)cc5)nn4)[C@H]4O[C@]43[C@@]21C. The van der Waals surface area contributed by atoms with Crippen molar-refractivity contribution in [2.75, 3.05) is 5.32 Å². The maximum absolute atomic E-state index is 13.2. The number of epoxide rings is 1. The zero-order chi connectivity index (χ0) is 36.8. The number of benzene rings is 1. The van der Waals surface area contributed by atoms with Crippen molar-refractivity contribution < 1.29 is 33.1 Å². The van der Waals surface area contributed by atoms with Gasteiger partial charge in [0.2, 0.25) is 5.91 Å². The molecule has 3 heterocycles. The van der Waals surface area contributed by atoms with Crippen molar-refractivity contribution in [3.8, 4) is 0 Å². The van der Waals surface area contributed by atoms with Crippen molar-refractivity contribution in [2.24, 2.45) is 38.7 Å². The second-order valence-electron chi connectivity index (χ2n) is 16.8. The van der Waals surface area contributed by atoms with Gasteiger partial charge in [0.1, 0.15) is 30.0 Å². The molecule has 1 amide bonds. The van der Waals surface area contributed by atoms with Crippen LogP contribution in [0.1, 0.15) is 83.5 Å². The monoisotopic (exact) mass is 709 g/mol. The van der Waals surface area contributed by atoms with Crippen LogP contribution in [0.2, 0.25) is 0 Å². The third kappa shape index (κ3) is 4.82. The van der Waals surface area contributed by atoms with Crippen molar-refractivity contribution in [1.29, 1.82) is 0 Å².